The maximum Gasteiger partial charge on any atom is 0.416 e. The van der Waals surface area contributed by atoms with Crippen LogP contribution in [0, 0.1) is 0 Å². The van der Waals surface area contributed by atoms with E-state index in [4.69, 9.17) is 14.2 Å². The largest absolute Gasteiger partial charge is 0.466 e. The molecule has 0 amide bonds. The van der Waals surface area contributed by atoms with Crippen molar-refractivity contribution in [3.63, 3.8) is 0 Å². The summed E-state index contributed by atoms with van der Waals surface area (Å²) in [5.41, 5.74) is -0.686. The zero-order chi connectivity index (χ0) is 22.8. The number of esters is 2. The lowest BCUT2D eigenvalue weighted by molar-refractivity contribution is -0.143. The number of carbonyl (C=O) groups is 2. The normalized spacial score (nSPS) is 21.7. The summed E-state index contributed by atoms with van der Waals surface area (Å²) in [4.78, 5) is 25.6. The fourth-order valence-corrected chi connectivity index (χ4v) is 3.99. The Hall–Kier alpha value is -2.81. The summed E-state index contributed by atoms with van der Waals surface area (Å²) < 4.78 is 57.0. The van der Waals surface area contributed by atoms with E-state index in [1.165, 1.54) is 18.2 Å². The van der Waals surface area contributed by atoms with Crippen LogP contribution in [0.1, 0.15) is 43.7 Å². The van der Waals surface area contributed by atoms with Gasteiger partial charge in [0, 0.05) is 18.0 Å². The first-order chi connectivity index (χ1) is 14.6. The van der Waals surface area contributed by atoms with Gasteiger partial charge in [-0.3, -0.25) is 0 Å². The average molecular weight is 439 g/mol. The van der Waals surface area contributed by atoms with Gasteiger partial charge in [-0.05, 0) is 38.3 Å². The highest BCUT2D eigenvalue weighted by Gasteiger charge is 2.43. The molecule has 0 aliphatic carbocycles. The van der Waals surface area contributed by atoms with Crippen molar-refractivity contribution in [2.75, 3.05) is 20.3 Å². The summed E-state index contributed by atoms with van der Waals surface area (Å²) in [6, 6.07) is 4.87. The average Bonchev–Trinajstić information content (AvgIpc) is 3.24. The van der Waals surface area contributed by atoms with E-state index in [0.717, 1.165) is 26.0 Å². The molecule has 9 heteroatoms. The minimum atomic E-state index is -4.68. The van der Waals surface area contributed by atoms with Crippen LogP contribution in [0.15, 0.2) is 46.8 Å². The van der Waals surface area contributed by atoms with E-state index in [2.05, 4.69) is 5.32 Å². The van der Waals surface area contributed by atoms with E-state index in [-0.39, 0.29) is 29.4 Å². The molecule has 31 heavy (non-hydrogen) atoms. The maximum atomic E-state index is 13.8. The van der Waals surface area contributed by atoms with E-state index >= 15 is 0 Å². The van der Waals surface area contributed by atoms with Crippen molar-refractivity contribution in [2.24, 2.45) is 0 Å². The molecule has 1 saturated heterocycles. The lowest BCUT2D eigenvalue weighted by Gasteiger charge is -2.31. The van der Waals surface area contributed by atoms with Gasteiger partial charge in [0.15, 0.2) is 0 Å². The number of carbonyl (C=O) groups excluding carboxylic acids is 2. The second-order valence-electron chi connectivity index (χ2n) is 7.45. The van der Waals surface area contributed by atoms with Crippen molar-refractivity contribution in [2.45, 2.75) is 44.9 Å². The van der Waals surface area contributed by atoms with Crippen molar-refractivity contribution in [1.29, 1.82) is 0 Å². The summed E-state index contributed by atoms with van der Waals surface area (Å²) in [6.45, 7) is 3.66. The quantitative estimate of drug-likeness (QED) is 0.703. The molecule has 2 aliphatic heterocycles. The molecular weight excluding hydrogens is 415 g/mol. The Balaban J connectivity index is 2.09. The van der Waals surface area contributed by atoms with Crippen LogP contribution < -0.4 is 5.32 Å². The molecule has 0 bridgehead atoms. The number of methoxy groups -OCH3 is 1. The van der Waals surface area contributed by atoms with Gasteiger partial charge in [0.05, 0.1) is 35.8 Å². The molecule has 168 valence electrons. The van der Waals surface area contributed by atoms with Gasteiger partial charge in [0.25, 0.3) is 0 Å². The highest BCUT2D eigenvalue weighted by Crippen LogP contribution is 2.44. The zero-order valence-corrected chi connectivity index (χ0v) is 17.5. The molecule has 6 nitrogen and oxygen atoms in total. The summed E-state index contributed by atoms with van der Waals surface area (Å²) in [5.74, 6) is -2.94. The number of dihydropyridines is 1. The fourth-order valence-electron chi connectivity index (χ4n) is 3.99. The van der Waals surface area contributed by atoms with Gasteiger partial charge in [0.2, 0.25) is 0 Å². The molecule has 1 aromatic rings. The predicted molar refractivity (Wildman–Crippen MR) is 105 cm³/mol. The summed E-state index contributed by atoms with van der Waals surface area (Å²) in [7, 11) is 1.13. The number of benzene rings is 1. The predicted octanol–water partition coefficient (Wildman–Crippen LogP) is 3.84. The third kappa shape index (κ3) is 4.76. The molecule has 0 radical (unpaired) electrons. The molecule has 2 aliphatic rings. The first kappa shape index (κ1) is 22.9. The fraction of sp³-hybridized carbons (Fsp3) is 0.455. The van der Waals surface area contributed by atoms with Crippen molar-refractivity contribution in [1.82, 2.24) is 5.32 Å². The summed E-state index contributed by atoms with van der Waals surface area (Å²) in [6.07, 6.45) is -3.35. The lowest BCUT2D eigenvalue weighted by Crippen LogP contribution is -2.34. The molecule has 2 unspecified atom stereocenters. The maximum absolute atomic E-state index is 13.8. The molecule has 0 aromatic heterocycles. The molecule has 0 spiro atoms. The Labute approximate surface area is 178 Å². The number of hydrogen-bond acceptors (Lipinski definition) is 6. The van der Waals surface area contributed by atoms with Crippen molar-refractivity contribution in [3.05, 3.63) is 57.9 Å². The Morgan fingerprint density at radius 3 is 2.35 bits per heavy atom. The molecule has 3 rings (SSSR count). The molecule has 2 atom stereocenters. The van der Waals surface area contributed by atoms with Gasteiger partial charge in [0.1, 0.15) is 6.61 Å². The van der Waals surface area contributed by atoms with Crippen LogP contribution in [0.25, 0.3) is 0 Å². The number of nitrogens with one attached hydrogen (secondary N) is 1. The molecular formula is C22H24F3NO5. The van der Waals surface area contributed by atoms with Gasteiger partial charge in [-0.1, -0.05) is 18.2 Å². The van der Waals surface area contributed by atoms with Crippen molar-refractivity contribution >= 4 is 11.9 Å². The lowest BCUT2D eigenvalue weighted by atomic mass is 9.78. The van der Waals surface area contributed by atoms with Gasteiger partial charge in [-0.25, -0.2) is 9.59 Å². The Morgan fingerprint density at radius 2 is 1.77 bits per heavy atom. The second-order valence-corrected chi connectivity index (χ2v) is 7.45. The first-order valence-corrected chi connectivity index (χ1v) is 9.86. The monoisotopic (exact) mass is 439 g/mol. The number of hydrogen-bond donors (Lipinski definition) is 1. The van der Waals surface area contributed by atoms with Crippen LogP contribution in [0.5, 0.6) is 0 Å². The minimum absolute atomic E-state index is 0.0144. The number of halogens is 3. The molecule has 1 aromatic carbocycles. The Bertz CT molecular complexity index is 929. The minimum Gasteiger partial charge on any atom is -0.466 e. The van der Waals surface area contributed by atoms with E-state index in [1.807, 2.05) is 0 Å². The smallest absolute Gasteiger partial charge is 0.416 e. The molecule has 0 saturated carbocycles. The van der Waals surface area contributed by atoms with Crippen LogP contribution >= 0.6 is 0 Å². The van der Waals surface area contributed by atoms with Gasteiger partial charge in [-0.2, -0.15) is 13.2 Å². The summed E-state index contributed by atoms with van der Waals surface area (Å²) in [5, 5.41) is 2.91. The van der Waals surface area contributed by atoms with Crippen LogP contribution in [0.4, 0.5) is 13.2 Å². The SMILES string of the molecule is COC(=O)C1=C(C)NC(C)=C(C(=O)OCC2CCCO2)C1c1ccccc1C(F)(F)F. The van der Waals surface area contributed by atoms with Gasteiger partial charge in [-0.15, -0.1) is 0 Å². The number of ether oxygens (including phenoxy) is 3. The van der Waals surface area contributed by atoms with Gasteiger partial charge >= 0.3 is 18.1 Å². The Kier molecular flexibility index (Phi) is 6.74. The first-order valence-electron chi connectivity index (χ1n) is 9.86. The topological polar surface area (TPSA) is 73.9 Å². The van der Waals surface area contributed by atoms with E-state index < -0.39 is 29.6 Å². The number of alkyl halides is 3. The van der Waals surface area contributed by atoms with Crippen molar-refractivity contribution < 1.29 is 37.0 Å². The highest BCUT2D eigenvalue weighted by atomic mass is 19.4. The van der Waals surface area contributed by atoms with Crippen LogP contribution in [-0.4, -0.2) is 38.4 Å². The summed E-state index contributed by atoms with van der Waals surface area (Å²) >= 11 is 0. The zero-order valence-electron chi connectivity index (χ0n) is 17.5. The third-order valence-electron chi connectivity index (χ3n) is 5.39. The number of allylic oxidation sites excluding steroid dienone is 2. The van der Waals surface area contributed by atoms with Crippen LogP contribution in [-0.2, 0) is 30.0 Å². The van der Waals surface area contributed by atoms with E-state index in [1.54, 1.807) is 13.8 Å². The number of rotatable bonds is 5. The standard InChI is InChI=1S/C22H24F3NO5/c1-12-17(20(27)29-3)19(15-8-4-5-9-16(15)22(23,24)25)18(13(2)26-12)21(28)31-11-14-7-6-10-30-14/h4-5,8-9,14,19,26H,6-7,10-11H2,1-3H3. The molecule has 1 fully saturated rings. The second kappa shape index (κ2) is 9.13. The van der Waals surface area contributed by atoms with E-state index in [9.17, 15) is 22.8 Å². The third-order valence-corrected chi connectivity index (χ3v) is 5.39. The van der Waals surface area contributed by atoms with Crippen LogP contribution in [0.2, 0.25) is 0 Å². The highest BCUT2D eigenvalue weighted by molar-refractivity contribution is 6.00. The van der Waals surface area contributed by atoms with E-state index in [0.29, 0.717) is 18.0 Å². The van der Waals surface area contributed by atoms with Crippen molar-refractivity contribution in [3.8, 4) is 0 Å². The molecule has 1 N–H and O–H groups in total. The molecule has 2 heterocycles. The van der Waals surface area contributed by atoms with Gasteiger partial charge < -0.3 is 19.5 Å². The Morgan fingerprint density at radius 1 is 1.13 bits per heavy atom. The van der Waals surface area contributed by atoms with Crippen LogP contribution in [0.3, 0.4) is 0 Å².